The fourth-order valence-corrected chi connectivity index (χ4v) is 5.54. The smallest absolute Gasteiger partial charge is 0.161 e. The SMILES string of the molecule is COc1ccc(-c2[nH]c3ccc(C4CCN(Cc5cnn(C)c5)CC4)cc3c2C(C)C)cc1OC. The van der Waals surface area contributed by atoms with Crippen LogP contribution in [0.3, 0.4) is 0 Å². The predicted octanol–water partition coefficient (Wildman–Crippen LogP) is 6.09. The number of H-pyrrole nitrogens is 1. The lowest BCUT2D eigenvalue weighted by atomic mass is 9.87. The van der Waals surface area contributed by atoms with Gasteiger partial charge in [0.25, 0.3) is 0 Å². The number of hydrogen-bond acceptors (Lipinski definition) is 4. The van der Waals surface area contributed by atoms with E-state index in [9.17, 15) is 0 Å². The maximum absolute atomic E-state index is 5.57. The van der Waals surface area contributed by atoms with Crippen LogP contribution in [0.4, 0.5) is 0 Å². The van der Waals surface area contributed by atoms with E-state index < -0.39 is 0 Å². The van der Waals surface area contributed by atoms with Gasteiger partial charge in [0.15, 0.2) is 11.5 Å². The third kappa shape index (κ3) is 4.67. The van der Waals surface area contributed by atoms with E-state index in [1.807, 2.05) is 24.0 Å². The van der Waals surface area contributed by atoms with Crippen molar-refractivity contribution in [3.05, 3.63) is 65.5 Å². The van der Waals surface area contributed by atoms with Crippen molar-refractivity contribution in [1.29, 1.82) is 0 Å². The van der Waals surface area contributed by atoms with E-state index in [0.29, 0.717) is 11.8 Å². The number of likely N-dealkylation sites (tertiary alicyclic amines) is 1. The van der Waals surface area contributed by atoms with Crippen molar-refractivity contribution < 1.29 is 9.47 Å². The van der Waals surface area contributed by atoms with Crippen LogP contribution in [-0.2, 0) is 13.6 Å². The number of benzene rings is 2. The molecule has 0 aliphatic carbocycles. The largest absolute Gasteiger partial charge is 0.493 e. The molecule has 1 saturated heterocycles. The maximum Gasteiger partial charge on any atom is 0.161 e. The molecule has 1 N–H and O–H groups in total. The van der Waals surface area contributed by atoms with Crippen molar-refractivity contribution in [1.82, 2.24) is 19.7 Å². The maximum atomic E-state index is 5.57. The van der Waals surface area contributed by atoms with Crippen molar-refractivity contribution in [2.45, 2.75) is 45.1 Å². The van der Waals surface area contributed by atoms with Crippen LogP contribution in [-0.4, -0.2) is 47.0 Å². The first-order chi connectivity index (χ1) is 17.0. The molecule has 3 heterocycles. The van der Waals surface area contributed by atoms with E-state index in [1.54, 1.807) is 14.2 Å². The minimum atomic E-state index is 0.392. The van der Waals surface area contributed by atoms with Gasteiger partial charge in [-0.1, -0.05) is 19.9 Å². The van der Waals surface area contributed by atoms with Gasteiger partial charge in [-0.25, -0.2) is 0 Å². The monoisotopic (exact) mass is 472 g/mol. The summed E-state index contributed by atoms with van der Waals surface area (Å²) in [7, 11) is 5.34. The van der Waals surface area contributed by atoms with Gasteiger partial charge in [0.1, 0.15) is 0 Å². The van der Waals surface area contributed by atoms with Gasteiger partial charge in [-0.15, -0.1) is 0 Å². The Morgan fingerprint density at radius 2 is 1.80 bits per heavy atom. The van der Waals surface area contributed by atoms with Crippen molar-refractivity contribution >= 4 is 10.9 Å². The average Bonchev–Trinajstić information content (AvgIpc) is 3.46. The lowest BCUT2D eigenvalue weighted by Gasteiger charge is -2.32. The first-order valence-electron chi connectivity index (χ1n) is 12.5. The van der Waals surface area contributed by atoms with Gasteiger partial charge in [0.2, 0.25) is 0 Å². The highest BCUT2D eigenvalue weighted by Gasteiger charge is 2.23. The molecule has 35 heavy (non-hydrogen) atoms. The standard InChI is InChI=1S/C29H36N4O2/c1-19(2)28-24-14-22(21-10-12-33(13-11-21)18-20-16-30-32(3)17-20)6-8-25(24)31-29(28)23-7-9-26(34-4)27(15-23)35-5/h6-9,14-17,19,21,31H,10-13,18H2,1-5H3. The molecule has 0 spiro atoms. The highest BCUT2D eigenvalue weighted by Crippen LogP contribution is 2.40. The number of fused-ring (bicyclic) bond motifs is 1. The summed E-state index contributed by atoms with van der Waals surface area (Å²) in [5, 5.41) is 5.65. The van der Waals surface area contributed by atoms with Crippen LogP contribution in [0.5, 0.6) is 11.5 Å². The van der Waals surface area contributed by atoms with Gasteiger partial charge < -0.3 is 14.5 Å². The normalized spacial score (nSPS) is 15.3. The summed E-state index contributed by atoms with van der Waals surface area (Å²) in [6.07, 6.45) is 6.48. The number of nitrogens with zero attached hydrogens (tertiary/aromatic N) is 3. The summed E-state index contributed by atoms with van der Waals surface area (Å²) in [6.45, 7) is 7.79. The molecule has 1 aliphatic rings. The molecule has 0 unspecified atom stereocenters. The van der Waals surface area contributed by atoms with Crippen LogP contribution >= 0.6 is 0 Å². The number of ether oxygens (including phenoxy) is 2. The zero-order chi connectivity index (χ0) is 24.5. The zero-order valence-corrected chi connectivity index (χ0v) is 21.5. The molecule has 6 nitrogen and oxygen atoms in total. The number of aromatic nitrogens is 3. The fraction of sp³-hybridized carbons (Fsp3) is 0.414. The second-order valence-corrected chi connectivity index (χ2v) is 10.0. The Bertz CT molecular complexity index is 1310. The van der Waals surface area contributed by atoms with Crippen molar-refractivity contribution in [2.24, 2.45) is 7.05 Å². The topological polar surface area (TPSA) is 55.3 Å². The van der Waals surface area contributed by atoms with Gasteiger partial charge in [-0.05, 0) is 79.2 Å². The quantitative estimate of drug-likeness (QED) is 0.354. The van der Waals surface area contributed by atoms with Gasteiger partial charge in [-0.3, -0.25) is 9.58 Å². The molecular formula is C29H36N4O2. The number of rotatable bonds is 7. The molecule has 0 radical (unpaired) electrons. The molecule has 6 heteroatoms. The predicted molar refractivity (Wildman–Crippen MR) is 141 cm³/mol. The number of nitrogens with one attached hydrogen (secondary N) is 1. The van der Waals surface area contributed by atoms with Crippen LogP contribution in [0.15, 0.2) is 48.8 Å². The summed E-state index contributed by atoms with van der Waals surface area (Å²) < 4.78 is 12.9. The highest BCUT2D eigenvalue weighted by atomic mass is 16.5. The Morgan fingerprint density at radius 3 is 2.46 bits per heavy atom. The second-order valence-electron chi connectivity index (χ2n) is 10.0. The lowest BCUT2D eigenvalue weighted by molar-refractivity contribution is 0.204. The molecule has 0 bridgehead atoms. The molecule has 2 aromatic heterocycles. The van der Waals surface area contributed by atoms with Crippen molar-refractivity contribution in [3.8, 4) is 22.8 Å². The van der Waals surface area contributed by atoms with E-state index in [4.69, 9.17) is 9.47 Å². The molecule has 0 atom stereocenters. The first-order valence-corrected chi connectivity index (χ1v) is 12.5. The van der Waals surface area contributed by atoms with E-state index in [1.165, 1.54) is 46.1 Å². The van der Waals surface area contributed by atoms with E-state index in [0.717, 1.165) is 36.7 Å². The fourth-order valence-electron chi connectivity index (χ4n) is 5.54. The summed E-state index contributed by atoms with van der Waals surface area (Å²) in [5.41, 5.74) is 7.59. The Kier molecular flexibility index (Phi) is 6.56. The van der Waals surface area contributed by atoms with Crippen LogP contribution in [0.1, 0.15) is 55.2 Å². The molecular weight excluding hydrogens is 436 g/mol. The zero-order valence-electron chi connectivity index (χ0n) is 21.5. The number of aryl methyl sites for hydroxylation is 1. The summed E-state index contributed by atoms with van der Waals surface area (Å²) in [4.78, 5) is 6.26. The van der Waals surface area contributed by atoms with Crippen LogP contribution in [0.2, 0.25) is 0 Å². The molecule has 5 rings (SSSR count). The van der Waals surface area contributed by atoms with Gasteiger partial charge >= 0.3 is 0 Å². The third-order valence-electron chi connectivity index (χ3n) is 7.34. The number of methoxy groups -OCH3 is 2. The minimum absolute atomic E-state index is 0.392. The van der Waals surface area contributed by atoms with Crippen LogP contribution in [0, 0.1) is 0 Å². The van der Waals surface area contributed by atoms with Gasteiger partial charge in [-0.2, -0.15) is 5.10 Å². The molecule has 184 valence electrons. The molecule has 1 aliphatic heterocycles. The van der Waals surface area contributed by atoms with Crippen molar-refractivity contribution in [2.75, 3.05) is 27.3 Å². The summed E-state index contributed by atoms with van der Waals surface area (Å²) >= 11 is 0. The van der Waals surface area contributed by atoms with Crippen LogP contribution < -0.4 is 9.47 Å². The first kappa shape index (κ1) is 23.5. The average molecular weight is 473 g/mol. The molecule has 0 amide bonds. The second kappa shape index (κ2) is 9.78. The van der Waals surface area contributed by atoms with E-state index >= 15 is 0 Å². The molecule has 0 saturated carbocycles. The van der Waals surface area contributed by atoms with Crippen molar-refractivity contribution in [3.63, 3.8) is 0 Å². The summed E-state index contributed by atoms with van der Waals surface area (Å²) in [5.74, 6) is 2.49. The van der Waals surface area contributed by atoms with E-state index in [2.05, 4.69) is 65.4 Å². The third-order valence-corrected chi connectivity index (χ3v) is 7.34. The highest BCUT2D eigenvalue weighted by molar-refractivity contribution is 5.92. The Morgan fingerprint density at radius 1 is 1.03 bits per heavy atom. The number of hydrogen-bond donors (Lipinski definition) is 1. The number of aromatic amines is 1. The summed E-state index contributed by atoms with van der Waals surface area (Å²) in [6, 6.07) is 13.2. The minimum Gasteiger partial charge on any atom is -0.493 e. The lowest BCUT2D eigenvalue weighted by Crippen LogP contribution is -2.32. The van der Waals surface area contributed by atoms with E-state index in [-0.39, 0.29) is 0 Å². The van der Waals surface area contributed by atoms with Crippen LogP contribution in [0.25, 0.3) is 22.2 Å². The number of piperidine rings is 1. The Balaban J connectivity index is 1.41. The Hall–Kier alpha value is -3.25. The van der Waals surface area contributed by atoms with Gasteiger partial charge in [0.05, 0.1) is 26.1 Å². The molecule has 1 fully saturated rings. The van der Waals surface area contributed by atoms with Gasteiger partial charge in [0, 0.05) is 41.8 Å². The molecule has 2 aromatic carbocycles. The Labute approximate surface area is 207 Å². The molecule has 4 aromatic rings.